The van der Waals surface area contributed by atoms with Crippen molar-refractivity contribution in [2.45, 2.75) is 71.9 Å². The molecule has 2 aromatic rings. The molecule has 16 heteroatoms. The lowest BCUT2D eigenvalue weighted by Gasteiger charge is -2.54. The maximum atomic E-state index is 13.6. The molecule has 2 aromatic carbocycles. The molecule has 1 atom stereocenters. The molecule has 0 aliphatic carbocycles. The number of alkyl halides is 3. The zero-order chi connectivity index (χ0) is 33.3. The Morgan fingerprint density at radius 1 is 1.04 bits per heavy atom. The molecular formula is C29H39F3N4O6S3. The molecule has 45 heavy (non-hydrogen) atoms. The van der Waals surface area contributed by atoms with Crippen LogP contribution in [0.2, 0.25) is 0 Å². The molecule has 0 unspecified atom stereocenters. The number of sulfone groups is 1. The molecule has 1 spiro atoms. The quantitative estimate of drug-likeness (QED) is 0.332. The molecule has 0 radical (unpaired) electrons. The van der Waals surface area contributed by atoms with E-state index >= 15 is 0 Å². The molecule has 0 saturated carbocycles. The number of benzene rings is 2. The number of ether oxygens (including phenoxy) is 1. The van der Waals surface area contributed by atoms with Crippen LogP contribution in [0.1, 0.15) is 40.0 Å². The molecule has 3 N–H and O–H groups in total. The number of amides is 1. The third kappa shape index (κ3) is 9.05. The minimum absolute atomic E-state index is 0.0811. The maximum absolute atomic E-state index is 13.6. The van der Waals surface area contributed by atoms with Gasteiger partial charge in [-0.3, -0.25) is 0 Å². The second-order valence-corrected chi connectivity index (χ2v) is 17.1. The number of halogens is 3. The lowest BCUT2D eigenvalue weighted by Crippen LogP contribution is -2.61. The average molecular weight is 693 g/mol. The van der Waals surface area contributed by atoms with E-state index in [4.69, 9.17) is 9.88 Å². The monoisotopic (exact) mass is 692 g/mol. The number of hydrogen-bond donors (Lipinski definition) is 2. The highest BCUT2D eigenvalue weighted by Gasteiger charge is 2.49. The van der Waals surface area contributed by atoms with E-state index in [-0.39, 0.29) is 17.2 Å². The first-order chi connectivity index (χ1) is 20.8. The van der Waals surface area contributed by atoms with Crippen molar-refractivity contribution in [3.63, 3.8) is 0 Å². The Kier molecular flexibility index (Phi) is 10.4. The molecule has 1 amide bonds. The smallest absolute Gasteiger partial charge is 0.444 e. The van der Waals surface area contributed by atoms with E-state index < -0.39 is 46.8 Å². The Morgan fingerprint density at radius 3 is 2.22 bits per heavy atom. The zero-order valence-corrected chi connectivity index (χ0v) is 27.8. The highest BCUT2D eigenvalue weighted by Crippen LogP contribution is 2.41. The minimum atomic E-state index is -5.90. The Bertz CT molecular complexity index is 1570. The van der Waals surface area contributed by atoms with Crippen molar-refractivity contribution in [2.24, 2.45) is 10.6 Å². The number of rotatable bonds is 10. The van der Waals surface area contributed by atoms with Gasteiger partial charge < -0.3 is 19.9 Å². The van der Waals surface area contributed by atoms with E-state index in [9.17, 15) is 34.8 Å². The summed E-state index contributed by atoms with van der Waals surface area (Å²) in [4.78, 5) is 15.4. The first-order valence-electron chi connectivity index (χ1n) is 14.4. The van der Waals surface area contributed by atoms with E-state index in [0.29, 0.717) is 37.9 Å². The van der Waals surface area contributed by atoms with Crippen LogP contribution in [0.5, 0.6) is 0 Å². The van der Waals surface area contributed by atoms with Gasteiger partial charge in [-0.05, 0) is 75.8 Å². The molecule has 2 heterocycles. The van der Waals surface area contributed by atoms with Crippen LogP contribution in [0.15, 0.2) is 63.2 Å². The van der Waals surface area contributed by atoms with Gasteiger partial charge in [-0.2, -0.15) is 13.2 Å². The highest BCUT2D eigenvalue weighted by molar-refractivity contribution is 7.99. The lowest BCUT2D eigenvalue weighted by molar-refractivity contribution is -0.0516. The second-order valence-electron chi connectivity index (χ2n) is 12.6. The van der Waals surface area contributed by atoms with Crippen molar-refractivity contribution >= 4 is 43.4 Å². The Labute approximate surface area is 266 Å². The Balaban J connectivity index is 1.45. The van der Waals surface area contributed by atoms with Crippen molar-refractivity contribution in [3.8, 4) is 0 Å². The van der Waals surface area contributed by atoms with Gasteiger partial charge in [0, 0.05) is 49.4 Å². The van der Waals surface area contributed by atoms with Gasteiger partial charge in [0.25, 0.3) is 9.84 Å². The predicted octanol–water partition coefficient (Wildman–Crippen LogP) is 4.92. The molecule has 2 saturated heterocycles. The lowest BCUT2D eigenvalue weighted by atomic mass is 9.72. The van der Waals surface area contributed by atoms with Crippen molar-refractivity contribution in [1.82, 2.24) is 9.80 Å². The number of primary sulfonamides is 1. The maximum Gasteiger partial charge on any atom is 0.501 e. The topological polar surface area (TPSA) is 139 Å². The molecule has 10 nitrogen and oxygen atoms in total. The summed E-state index contributed by atoms with van der Waals surface area (Å²) in [6.07, 6.45) is 1.83. The molecule has 250 valence electrons. The summed E-state index contributed by atoms with van der Waals surface area (Å²) in [6.45, 7) is 8.91. The van der Waals surface area contributed by atoms with E-state index in [2.05, 4.69) is 10.2 Å². The summed E-state index contributed by atoms with van der Waals surface area (Å²) in [5.74, 6) is 0.399. The van der Waals surface area contributed by atoms with Crippen LogP contribution in [-0.2, 0) is 24.6 Å². The van der Waals surface area contributed by atoms with Gasteiger partial charge in [-0.25, -0.2) is 26.8 Å². The average Bonchev–Trinajstić information content (AvgIpc) is 2.92. The second kappa shape index (κ2) is 13.3. The standard InChI is InChI=1S/C29H39F3N4O6S3/c1-27(2,3)42-26(37)36-15-12-28(13-16-36)19-35(20-28)14-11-21(18-43-22-7-5-4-6-8-22)34-24-10-9-23(45(33,40)41)17-25(24)44(38,39)29(30,31)32/h4-10,17,21,34H,11-16,18-20H2,1-3H3,(H2,33,40,41)/t21-/m1/s1. The van der Waals surface area contributed by atoms with E-state index in [1.807, 2.05) is 51.1 Å². The number of thioether (sulfide) groups is 1. The largest absolute Gasteiger partial charge is 0.501 e. The first kappa shape index (κ1) is 35.3. The van der Waals surface area contributed by atoms with Gasteiger partial charge >= 0.3 is 11.6 Å². The van der Waals surface area contributed by atoms with Crippen molar-refractivity contribution in [1.29, 1.82) is 0 Å². The summed E-state index contributed by atoms with van der Waals surface area (Å²) < 4.78 is 95.0. The van der Waals surface area contributed by atoms with Crippen LogP contribution in [0.25, 0.3) is 0 Å². The summed E-state index contributed by atoms with van der Waals surface area (Å²) in [5.41, 5.74) is -6.49. The van der Waals surface area contributed by atoms with Crippen LogP contribution in [0.3, 0.4) is 0 Å². The number of hydrogen-bond acceptors (Lipinski definition) is 9. The van der Waals surface area contributed by atoms with Gasteiger partial charge in [-0.15, -0.1) is 11.8 Å². The molecule has 2 fully saturated rings. The van der Waals surface area contributed by atoms with Crippen molar-refractivity contribution in [3.05, 3.63) is 48.5 Å². The molecule has 2 aliphatic rings. The van der Waals surface area contributed by atoms with E-state index in [1.54, 1.807) is 4.90 Å². The first-order valence-corrected chi connectivity index (χ1v) is 18.4. The number of carbonyl (C=O) groups is 1. The Morgan fingerprint density at radius 2 is 1.67 bits per heavy atom. The number of nitrogens with zero attached hydrogens (tertiary/aromatic N) is 2. The summed E-state index contributed by atoms with van der Waals surface area (Å²) in [6, 6.07) is 11.3. The minimum Gasteiger partial charge on any atom is -0.444 e. The fourth-order valence-corrected chi connectivity index (χ4v) is 8.04. The zero-order valence-electron chi connectivity index (χ0n) is 25.3. The van der Waals surface area contributed by atoms with Crippen LogP contribution in [-0.4, -0.2) is 88.4 Å². The van der Waals surface area contributed by atoms with Crippen LogP contribution in [0.4, 0.5) is 23.7 Å². The molecule has 2 aliphatic heterocycles. The fraction of sp³-hybridized carbons (Fsp3) is 0.552. The normalized spacial score (nSPS) is 18.3. The SMILES string of the molecule is CC(C)(C)OC(=O)N1CCC2(CC1)CN(CC[C@H](CSc1ccccc1)Nc1ccc(S(N)(=O)=O)cc1S(=O)(=O)C(F)(F)F)C2. The summed E-state index contributed by atoms with van der Waals surface area (Å²) in [7, 11) is -10.4. The van der Waals surface area contributed by atoms with E-state index in [0.717, 1.165) is 43.0 Å². The fourth-order valence-electron chi connectivity index (χ4n) is 5.48. The molecule has 0 bridgehead atoms. The van der Waals surface area contributed by atoms with Gasteiger partial charge in [-0.1, -0.05) is 18.2 Å². The summed E-state index contributed by atoms with van der Waals surface area (Å²) in [5, 5.41) is 8.06. The number of carbonyl (C=O) groups excluding carboxylic acids is 1. The summed E-state index contributed by atoms with van der Waals surface area (Å²) >= 11 is 1.46. The van der Waals surface area contributed by atoms with Crippen molar-refractivity contribution < 1.29 is 39.5 Å². The molecular weight excluding hydrogens is 654 g/mol. The van der Waals surface area contributed by atoms with Crippen LogP contribution >= 0.6 is 11.8 Å². The van der Waals surface area contributed by atoms with Crippen LogP contribution < -0.4 is 10.5 Å². The number of nitrogens with two attached hydrogens (primary N) is 1. The van der Waals surface area contributed by atoms with Gasteiger partial charge in [0.15, 0.2) is 0 Å². The van der Waals surface area contributed by atoms with Crippen molar-refractivity contribution in [2.75, 3.05) is 43.8 Å². The van der Waals surface area contributed by atoms with Gasteiger partial charge in [0.2, 0.25) is 10.0 Å². The third-order valence-electron chi connectivity index (χ3n) is 7.82. The van der Waals surface area contributed by atoms with E-state index in [1.165, 1.54) is 11.8 Å². The predicted molar refractivity (Wildman–Crippen MR) is 166 cm³/mol. The van der Waals surface area contributed by atoms with Gasteiger partial charge in [0.1, 0.15) is 10.5 Å². The van der Waals surface area contributed by atoms with Gasteiger partial charge in [0.05, 0.1) is 10.6 Å². The van der Waals surface area contributed by atoms with Crippen LogP contribution in [0, 0.1) is 5.41 Å². The highest BCUT2D eigenvalue weighted by atomic mass is 32.2. The molecule has 4 rings (SSSR count). The number of likely N-dealkylation sites (tertiary alicyclic amines) is 2. The number of anilines is 1. The molecule has 0 aromatic heterocycles. The number of nitrogens with one attached hydrogen (secondary N) is 1. The number of sulfonamides is 1. The number of piperidine rings is 1. The Hall–Kier alpha value is -2.53. The third-order valence-corrected chi connectivity index (χ3v) is 11.4.